The second-order valence-corrected chi connectivity index (χ2v) is 7.34. The van der Waals surface area contributed by atoms with Crippen molar-refractivity contribution in [3.05, 3.63) is 53.9 Å². The maximum atomic E-state index is 12.7. The van der Waals surface area contributed by atoms with Gasteiger partial charge in [-0.25, -0.2) is 4.68 Å². The lowest BCUT2D eigenvalue weighted by molar-refractivity contribution is 0.0781. The van der Waals surface area contributed by atoms with Crippen LogP contribution in [0.25, 0.3) is 0 Å². The lowest BCUT2D eigenvalue weighted by Crippen LogP contribution is -2.29. The van der Waals surface area contributed by atoms with Gasteiger partial charge in [0.2, 0.25) is 0 Å². The first kappa shape index (κ1) is 16.9. The number of aromatic nitrogens is 6. The number of rotatable bonds is 6. The summed E-state index contributed by atoms with van der Waals surface area (Å²) in [6.07, 6.45) is 8.47. The Bertz CT molecular complexity index is 964. The van der Waals surface area contributed by atoms with Crippen LogP contribution in [-0.4, -0.2) is 54.1 Å². The minimum absolute atomic E-state index is 0.0213. The molecule has 3 aromatic rings. The first-order chi connectivity index (χ1) is 13.8. The maximum Gasteiger partial charge on any atom is 0.274 e. The van der Waals surface area contributed by atoms with Crippen molar-refractivity contribution >= 4 is 5.91 Å². The number of ether oxygens (including phenoxy) is 1. The van der Waals surface area contributed by atoms with Gasteiger partial charge in [-0.1, -0.05) is 5.21 Å². The van der Waals surface area contributed by atoms with E-state index >= 15 is 0 Å². The maximum absolute atomic E-state index is 12.7. The molecule has 0 aromatic carbocycles. The average Bonchev–Trinajstić information content (AvgIpc) is 3.16. The number of carbonyl (C=O) groups is 1. The molecule has 1 N–H and O–H groups in total. The van der Waals surface area contributed by atoms with Gasteiger partial charge < -0.3 is 9.64 Å². The summed E-state index contributed by atoms with van der Waals surface area (Å²) in [6.45, 7) is 1.65. The average molecular weight is 379 g/mol. The van der Waals surface area contributed by atoms with E-state index in [2.05, 4.69) is 25.5 Å². The normalized spacial score (nSPS) is 19.1. The summed E-state index contributed by atoms with van der Waals surface area (Å²) < 4.78 is 7.51. The van der Waals surface area contributed by atoms with Crippen LogP contribution in [-0.2, 0) is 6.61 Å². The molecule has 0 radical (unpaired) electrons. The van der Waals surface area contributed by atoms with E-state index in [1.807, 2.05) is 21.8 Å². The molecular weight excluding hydrogens is 358 g/mol. The van der Waals surface area contributed by atoms with Crippen molar-refractivity contribution in [1.82, 2.24) is 35.1 Å². The fourth-order valence-electron chi connectivity index (χ4n) is 3.50. The van der Waals surface area contributed by atoms with Gasteiger partial charge in [-0.2, -0.15) is 5.10 Å². The molecule has 1 atom stereocenters. The molecule has 1 aliphatic carbocycles. The van der Waals surface area contributed by atoms with Crippen LogP contribution in [0.5, 0.6) is 5.75 Å². The van der Waals surface area contributed by atoms with E-state index in [9.17, 15) is 4.79 Å². The Morgan fingerprint density at radius 3 is 2.93 bits per heavy atom. The molecule has 4 heterocycles. The van der Waals surface area contributed by atoms with Crippen LogP contribution in [0.15, 0.2) is 36.8 Å². The van der Waals surface area contributed by atoms with E-state index in [0.29, 0.717) is 31.3 Å². The second kappa shape index (κ2) is 7.06. The van der Waals surface area contributed by atoms with Crippen LogP contribution in [0, 0.1) is 0 Å². The van der Waals surface area contributed by atoms with Crippen molar-refractivity contribution in [1.29, 1.82) is 0 Å². The molecule has 1 unspecified atom stereocenters. The van der Waals surface area contributed by atoms with E-state index in [-0.39, 0.29) is 11.9 Å². The van der Waals surface area contributed by atoms with Crippen LogP contribution in [0.2, 0.25) is 0 Å². The van der Waals surface area contributed by atoms with E-state index in [4.69, 9.17) is 4.74 Å². The number of likely N-dealkylation sites (tertiary alicyclic amines) is 1. The van der Waals surface area contributed by atoms with Crippen molar-refractivity contribution in [2.45, 2.75) is 37.8 Å². The summed E-state index contributed by atoms with van der Waals surface area (Å²) in [4.78, 5) is 18.5. The molecule has 1 saturated carbocycles. The lowest BCUT2D eigenvalue weighted by atomic mass is 10.2. The number of nitrogens with one attached hydrogen (secondary N) is 1. The lowest BCUT2D eigenvalue weighted by Gasteiger charge is -2.14. The van der Waals surface area contributed by atoms with Crippen LogP contribution in [0.3, 0.4) is 0 Å². The Balaban J connectivity index is 1.18. The molecule has 9 heteroatoms. The quantitative estimate of drug-likeness (QED) is 0.702. The number of hydrogen-bond acceptors (Lipinski definition) is 6. The van der Waals surface area contributed by atoms with Crippen LogP contribution in [0.4, 0.5) is 0 Å². The molecule has 1 aliphatic heterocycles. The number of hydrogen-bond donors (Lipinski definition) is 1. The summed E-state index contributed by atoms with van der Waals surface area (Å²) >= 11 is 0. The van der Waals surface area contributed by atoms with Crippen molar-refractivity contribution in [2.75, 3.05) is 13.1 Å². The minimum atomic E-state index is -0.0213. The highest BCUT2D eigenvalue weighted by Gasteiger charge is 2.31. The largest absolute Gasteiger partial charge is 0.487 e. The summed E-state index contributed by atoms with van der Waals surface area (Å²) in [7, 11) is 0. The zero-order chi connectivity index (χ0) is 18.9. The highest BCUT2D eigenvalue weighted by molar-refractivity contribution is 5.92. The number of amides is 1. The van der Waals surface area contributed by atoms with Crippen molar-refractivity contribution < 1.29 is 9.53 Å². The van der Waals surface area contributed by atoms with Gasteiger partial charge in [-0.05, 0) is 37.5 Å². The zero-order valence-electron chi connectivity index (χ0n) is 15.4. The van der Waals surface area contributed by atoms with Gasteiger partial charge in [-0.15, -0.1) is 5.10 Å². The van der Waals surface area contributed by atoms with Crippen LogP contribution >= 0.6 is 0 Å². The highest BCUT2D eigenvalue weighted by Crippen LogP contribution is 2.39. The minimum Gasteiger partial charge on any atom is -0.487 e. The Morgan fingerprint density at radius 2 is 2.11 bits per heavy atom. The number of carbonyl (C=O) groups excluding carboxylic acids is 1. The molecule has 1 amide bonds. The van der Waals surface area contributed by atoms with E-state index in [1.165, 1.54) is 12.8 Å². The number of H-pyrrole nitrogens is 1. The summed E-state index contributed by atoms with van der Waals surface area (Å²) in [5.74, 6) is 1.28. The van der Waals surface area contributed by atoms with Crippen LogP contribution in [0.1, 0.15) is 53.1 Å². The smallest absolute Gasteiger partial charge is 0.274 e. The van der Waals surface area contributed by atoms with Gasteiger partial charge in [0.15, 0.2) is 0 Å². The topological polar surface area (TPSA) is 102 Å². The first-order valence-corrected chi connectivity index (χ1v) is 9.54. The van der Waals surface area contributed by atoms with E-state index in [0.717, 1.165) is 23.6 Å². The number of pyridine rings is 1. The third kappa shape index (κ3) is 3.47. The predicted octanol–water partition coefficient (Wildman–Crippen LogP) is 1.94. The first-order valence-electron chi connectivity index (χ1n) is 9.54. The Hall–Kier alpha value is -3.23. The Kier molecular flexibility index (Phi) is 4.27. The van der Waals surface area contributed by atoms with Crippen molar-refractivity contribution in [3.8, 4) is 5.75 Å². The molecule has 1 saturated heterocycles. The summed E-state index contributed by atoms with van der Waals surface area (Å²) in [5.41, 5.74) is 2.34. The van der Waals surface area contributed by atoms with Gasteiger partial charge in [0.1, 0.15) is 23.7 Å². The molecular formula is C19H21N7O2. The molecule has 144 valence electrons. The van der Waals surface area contributed by atoms with Gasteiger partial charge >= 0.3 is 0 Å². The third-order valence-corrected chi connectivity index (χ3v) is 5.25. The zero-order valence-corrected chi connectivity index (χ0v) is 15.4. The molecule has 2 fully saturated rings. The molecule has 0 spiro atoms. The van der Waals surface area contributed by atoms with Gasteiger partial charge in [0.05, 0.1) is 12.2 Å². The molecule has 3 aromatic heterocycles. The van der Waals surface area contributed by atoms with Gasteiger partial charge in [0.25, 0.3) is 5.91 Å². The van der Waals surface area contributed by atoms with E-state index < -0.39 is 0 Å². The van der Waals surface area contributed by atoms with E-state index in [1.54, 1.807) is 24.5 Å². The highest BCUT2D eigenvalue weighted by atomic mass is 16.5. The summed E-state index contributed by atoms with van der Waals surface area (Å²) in [5, 5.41) is 15.6. The predicted molar refractivity (Wildman–Crippen MR) is 98.7 cm³/mol. The summed E-state index contributed by atoms with van der Waals surface area (Å²) in [6, 6.07) is 5.62. The fraction of sp³-hybridized carbons (Fsp3) is 0.421. The monoisotopic (exact) mass is 379 g/mol. The van der Waals surface area contributed by atoms with Crippen molar-refractivity contribution in [3.63, 3.8) is 0 Å². The fourth-order valence-corrected chi connectivity index (χ4v) is 3.50. The molecule has 2 aliphatic rings. The number of aromatic amines is 1. The molecule has 0 bridgehead atoms. The Morgan fingerprint density at radius 1 is 1.25 bits per heavy atom. The van der Waals surface area contributed by atoms with Crippen molar-refractivity contribution in [2.24, 2.45) is 0 Å². The number of nitrogens with zero attached hydrogens (tertiary/aromatic N) is 6. The van der Waals surface area contributed by atoms with Crippen LogP contribution < -0.4 is 4.74 Å². The molecule has 28 heavy (non-hydrogen) atoms. The SMILES string of the molecule is O=C(c1cc(C2CC2)[nH]n1)N1CCC(n2cc(COc3ccncc3)nn2)C1. The molecule has 5 rings (SSSR count). The second-order valence-electron chi connectivity index (χ2n) is 7.34. The third-order valence-electron chi connectivity index (χ3n) is 5.25. The van der Waals surface area contributed by atoms with Gasteiger partial charge in [-0.3, -0.25) is 14.9 Å². The standard InChI is InChI=1S/C19H21N7O2/c27-19(18-9-17(22-23-18)13-1-2-13)25-8-5-15(11-25)26-10-14(21-24-26)12-28-16-3-6-20-7-4-16/h3-4,6-7,9-10,13,15H,1-2,5,8,11-12H2,(H,22,23). The molecule has 9 nitrogen and oxygen atoms in total. The van der Waals surface area contributed by atoms with Gasteiger partial charge in [0, 0.05) is 37.1 Å². The Labute approximate surface area is 161 Å².